The van der Waals surface area contributed by atoms with Crippen molar-refractivity contribution in [1.82, 2.24) is 9.29 Å². The van der Waals surface area contributed by atoms with Crippen molar-refractivity contribution in [3.63, 3.8) is 0 Å². The van der Waals surface area contributed by atoms with Crippen molar-refractivity contribution in [2.75, 3.05) is 13.6 Å². The summed E-state index contributed by atoms with van der Waals surface area (Å²) in [5.41, 5.74) is 1.20. The van der Waals surface area contributed by atoms with Gasteiger partial charge >= 0.3 is 0 Å². The molecule has 0 saturated carbocycles. The van der Waals surface area contributed by atoms with Gasteiger partial charge in [-0.2, -0.15) is 0 Å². The molecular formula is C15H17ClN2O2S. The zero-order valence-corrected chi connectivity index (χ0v) is 13.3. The van der Waals surface area contributed by atoms with Crippen molar-refractivity contribution in [2.45, 2.75) is 17.7 Å². The molecule has 2 aromatic rings. The second kappa shape index (κ2) is 7.02. The summed E-state index contributed by atoms with van der Waals surface area (Å²) < 4.78 is 26.1. The second-order valence-corrected chi connectivity index (χ2v) is 7.08. The van der Waals surface area contributed by atoms with Crippen LogP contribution in [0, 0.1) is 0 Å². The molecule has 0 aliphatic rings. The summed E-state index contributed by atoms with van der Waals surface area (Å²) in [4.78, 5) is 3.87. The average molecular weight is 325 g/mol. The van der Waals surface area contributed by atoms with Crippen molar-refractivity contribution in [3.8, 4) is 0 Å². The maximum Gasteiger partial charge on any atom is 0.245 e. The number of benzene rings is 1. The van der Waals surface area contributed by atoms with Crippen LogP contribution in [-0.2, 0) is 16.4 Å². The molecule has 0 N–H and O–H groups in total. The van der Waals surface area contributed by atoms with E-state index >= 15 is 0 Å². The van der Waals surface area contributed by atoms with Crippen molar-refractivity contribution in [3.05, 3.63) is 59.4 Å². The monoisotopic (exact) mass is 324 g/mol. The SMILES string of the molecule is CN(CCCc1ccccc1)S(=O)(=O)c1cccnc1Cl. The van der Waals surface area contributed by atoms with E-state index in [1.807, 2.05) is 30.3 Å². The molecule has 1 heterocycles. The number of sulfonamides is 1. The Morgan fingerprint density at radius 1 is 1.14 bits per heavy atom. The molecule has 21 heavy (non-hydrogen) atoms. The highest BCUT2D eigenvalue weighted by atomic mass is 35.5. The van der Waals surface area contributed by atoms with Crippen LogP contribution in [0.2, 0.25) is 5.15 Å². The molecule has 0 aliphatic heterocycles. The third-order valence-corrected chi connectivity index (χ3v) is 5.50. The molecule has 0 fully saturated rings. The van der Waals surface area contributed by atoms with Crippen LogP contribution in [0.1, 0.15) is 12.0 Å². The fraction of sp³-hybridized carbons (Fsp3) is 0.267. The van der Waals surface area contributed by atoms with Gasteiger partial charge in [-0.05, 0) is 30.5 Å². The van der Waals surface area contributed by atoms with Crippen LogP contribution in [0.25, 0.3) is 0 Å². The molecular weight excluding hydrogens is 308 g/mol. The molecule has 0 unspecified atom stereocenters. The van der Waals surface area contributed by atoms with Gasteiger partial charge in [0.2, 0.25) is 10.0 Å². The number of halogens is 1. The van der Waals surface area contributed by atoms with Gasteiger partial charge < -0.3 is 0 Å². The Morgan fingerprint density at radius 2 is 1.86 bits per heavy atom. The topological polar surface area (TPSA) is 50.3 Å². The van der Waals surface area contributed by atoms with Gasteiger partial charge in [0.1, 0.15) is 10.0 Å². The molecule has 0 saturated heterocycles. The summed E-state index contributed by atoms with van der Waals surface area (Å²) in [6, 6.07) is 13.0. The standard InChI is InChI=1S/C15H17ClN2O2S/c1-18(12-6-9-13-7-3-2-4-8-13)21(19,20)14-10-5-11-17-15(14)16/h2-5,7-8,10-11H,6,9,12H2,1H3. The maximum atomic E-state index is 12.4. The smallest absolute Gasteiger partial charge is 0.243 e. The molecule has 0 atom stereocenters. The van der Waals surface area contributed by atoms with Crippen LogP contribution in [0.15, 0.2) is 53.6 Å². The minimum Gasteiger partial charge on any atom is -0.243 e. The normalized spacial score (nSPS) is 11.8. The van der Waals surface area contributed by atoms with E-state index in [1.165, 1.54) is 22.1 Å². The highest BCUT2D eigenvalue weighted by molar-refractivity contribution is 7.89. The lowest BCUT2D eigenvalue weighted by Crippen LogP contribution is -2.28. The predicted molar refractivity (Wildman–Crippen MR) is 83.8 cm³/mol. The molecule has 0 radical (unpaired) electrons. The van der Waals surface area contributed by atoms with Gasteiger partial charge in [0.05, 0.1) is 0 Å². The molecule has 0 amide bonds. The molecule has 6 heteroatoms. The quantitative estimate of drug-likeness (QED) is 0.767. The van der Waals surface area contributed by atoms with Crippen LogP contribution in [0.3, 0.4) is 0 Å². The van der Waals surface area contributed by atoms with Crippen LogP contribution >= 0.6 is 11.6 Å². The van der Waals surface area contributed by atoms with Crippen LogP contribution in [0.4, 0.5) is 0 Å². The summed E-state index contributed by atoms with van der Waals surface area (Å²) in [6.07, 6.45) is 3.05. The lowest BCUT2D eigenvalue weighted by atomic mass is 10.1. The number of rotatable bonds is 6. The Bertz CT molecular complexity index is 690. The fourth-order valence-electron chi connectivity index (χ4n) is 2.00. The number of nitrogens with zero attached hydrogens (tertiary/aromatic N) is 2. The molecule has 0 aliphatic carbocycles. The van der Waals surface area contributed by atoms with E-state index in [-0.39, 0.29) is 10.0 Å². The third kappa shape index (κ3) is 4.03. The summed E-state index contributed by atoms with van der Waals surface area (Å²) in [7, 11) is -2.03. The second-order valence-electron chi connectivity index (χ2n) is 4.71. The number of pyridine rings is 1. The Labute approximate surface area is 130 Å². The van der Waals surface area contributed by atoms with E-state index < -0.39 is 10.0 Å². The number of aromatic nitrogens is 1. The van der Waals surface area contributed by atoms with Gasteiger partial charge in [-0.1, -0.05) is 41.9 Å². The first-order valence-electron chi connectivity index (χ1n) is 6.62. The van der Waals surface area contributed by atoms with Crippen molar-refractivity contribution >= 4 is 21.6 Å². The van der Waals surface area contributed by atoms with E-state index in [2.05, 4.69) is 4.98 Å². The molecule has 1 aromatic heterocycles. The largest absolute Gasteiger partial charge is 0.245 e. The zero-order valence-electron chi connectivity index (χ0n) is 11.7. The van der Waals surface area contributed by atoms with Crippen molar-refractivity contribution < 1.29 is 8.42 Å². The van der Waals surface area contributed by atoms with Gasteiger partial charge in [0, 0.05) is 19.8 Å². The summed E-state index contributed by atoms with van der Waals surface area (Å²) in [5, 5.41) is 0.00686. The number of hydrogen-bond donors (Lipinski definition) is 0. The predicted octanol–water partition coefficient (Wildman–Crippen LogP) is 2.99. The Balaban J connectivity index is 2.00. The van der Waals surface area contributed by atoms with Gasteiger partial charge in [0.15, 0.2) is 0 Å². The van der Waals surface area contributed by atoms with Crippen molar-refractivity contribution in [1.29, 1.82) is 0 Å². The van der Waals surface area contributed by atoms with E-state index in [9.17, 15) is 8.42 Å². The first-order valence-corrected chi connectivity index (χ1v) is 8.44. The fourth-order valence-corrected chi connectivity index (χ4v) is 3.64. The van der Waals surface area contributed by atoms with Gasteiger partial charge in [0.25, 0.3) is 0 Å². The molecule has 4 nitrogen and oxygen atoms in total. The molecule has 112 valence electrons. The molecule has 2 rings (SSSR count). The average Bonchev–Trinajstić information content (AvgIpc) is 2.48. The lowest BCUT2D eigenvalue weighted by molar-refractivity contribution is 0.461. The lowest BCUT2D eigenvalue weighted by Gasteiger charge is -2.17. The summed E-state index contributed by atoms with van der Waals surface area (Å²) in [5.74, 6) is 0. The summed E-state index contributed by atoms with van der Waals surface area (Å²) in [6.45, 7) is 0.433. The van der Waals surface area contributed by atoms with E-state index in [1.54, 1.807) is 13.1 Å². The molecule has 1 aromatic carbocycles. The number of aryl methyl sites for hydroxylation is 1. The van der Waals surface area contributed by atoms with E-state index in [4.69, 9.17) is 11.6 Å². The van der Waals surface area contributed by atoms with Crippen LogP contribution in [-0.4, -0.2) is 31.3 Å². The van der Waals surface area contributed by atoms with Gasteiger partial charge in [-0.15, -0.1) is 0 Å². The zero-order chi connectivity index (χ0) is 15.3. The van der Waals surface area contributed by atoms with E-state index in [0.717, 1.165) is 12.8 Å². The minimum atomic E-state index is -3.59. The maximum absolute atomic E-state index is 12.4. The Hall–Kier alpha value is -1.43. The Morgan fingerprint density at radius 3 is 2.52 bits per heavy atom. The number of hydrogen-bond acceptors (Lipinski definition) is 3. The third-order valence-electron chi connectivity index (χ3n) is 3.19. The summed E-state index contributed by atoms with van der Waals surface area (Å²) >= 11 is 5.87. The van der Waals surface area contributed by atoms with Crippen LogP contribution in [0.5, 0.6) is 0 Å². The highest BCUT2D eigenvalue weighted by Crippen LogP contribution is 2.21. The van der Waals surface area contributed by atoms with Crippen LogP contribution < -0.4 is 0 Å². The minimum absolute atomic E-state index is 0.00686. The molecule has 0 bridgehead atoms. The first-order chi connectivity index (χ1) is 10.0. The van der Waals surface area contributed by atoms with Gasteiger partial charge in [-0.25, -0.2) is 17.7 Å². The highest BCUT2D eigenvalue weighted by Gasteiger charge is 2.23. The first kappa shape index (κ1) is 15.9. The van der Waals surface area contributed by atoms with E-state index in [0.29, 0.717) is 6.54 Å². The molecule has 0 spiro atoms. The Kier molecular flexibility index (Phi) is 5.33. The van der Waals surface area contributed by atoms with Crippen molar-refractivity contribution in [2.24, 2.45) is 0 Å². The van der Waals surface area contributed by atoms with Gasteiger partial charge in [-0.3, -0.25) is 0 Å².